The van der Waals surface area contributed by atoms with Gasteiger partial charge in [0.2, 0.25) is 5.78 Å². The van der Waals surface area contributed by atoms with Crippen molar-refractivity contribution in [3.63, 3.8) is 0 Å². The van der Waals surface area contributed by atoms with E-state index in [2.05, 4.69) is 23.9 Å². The fraction of sp³-hybridized carbons (Fsp3) is 0.400. The van der Waals surface area contributed by atoms with Gasteiger partial charge in [-0.25, -0.2) is 0 Å². The third-order valence-electron chi connectivity index (χ3n) is 3.14. The van der Waals surface area contributed by atoms with Crippen molar-refractivity contribution in [3.05, 3.63) is 35.4 Å². The first-order valence-electron chi connectivity index (χ1n) is 6.21. The first-order valence-corrected chi connectivity index (χ1v) is 6.21. The largest absolute Gasteiger partial charge is 0.330 e. The van der Waals surface area contributed by atoms with Gasteiger partial charge in [-0.05, 0) is 19.9 Å². The predicted octanol–water partition coefficient (Wildman–Crippen LogP) is 1.39. The Labute approximate surface area is 108 Å². The standard InChI is InChI=1S/C15H18N2O/c1-13-3-5-14(6-4-13)15(18)7-8-17-11-9-16(2)10-12-17/h3-6H,9-12H2,1-2H3. The Morgan fingerprint density at radius 1 is 1.11 bits per heavy atom. The molecule has 2 rings (SSSR count). The van der Waals surface area contributed by atoms with Crippen LogP contribution in [0.5, 0.6) is 0 Å². The number of carbonyl (C=O) groups excluding carboxylic acids is 1. The number of carbonyl (C=O) groups is 1. The molecule has 94 valence electrons. The van der Waals surface area contributed by atoms with Gasteiger partial charge >= 0.3 is 0 Å². The van der Waals surface area contributed by atoms with E-state index in [9.17, 15) is 4.79 Å². The highest BCUT2D eigenvalue weighted by Gasteiger charge is 2.10. The fourth-order valence-corrected chi connectivity index (χ4v) is 1.83. The molecule has 0 aliphatic carbocycles. The van der Waals surface area contributed by atoms with Gasteiger partial charge in [0.15, 0.2) is 0 Å². The summed E-state index contributed by atoms with van der Waals surface area (Å²) in [5, 5.41) is 0. The first kappa shape index (κ1) is 12.7. The van der Waals surface area contributed by atoms with Gasteiger partial charge in [-0.3, -0.25) is 4.79 Å². The summed E-state index contributed by atoms with van der Waals surface area (Å²) in [5.74, 6) is 2.62. The third-order valence-corrected chi connectivity index (χ3v) is 3.14. The second kappa shape index (κ2) is 5.70. The summed E-state index contributed by atoms with van der Waals surface area (Å²) < 4.78 is 0. The average Bonchev–Trinajstić information content (AvgIpc) is 2.38. The van der Waals surface area contributed by atoms with Crippen molar-refractivity contribution in [2.45, 2.75) is 6.92 Å². The smallest absolute Gasteiger partial charge is 0.237 e. The van der Waals surface area contributed by atoms with Gasteiger partial charge in [-0.1, -0.05) is 29.8 Å². The zero-order chi connectivity index (χ0) is 13.0. The molecule has 1 saturated heterocycles. The lowest BCUT2D eigenvalue weighted by atomic mass is 10.1. The molecule has 0 spiro atoms. The van der Waals surface area contributed by atoms with Crippen LogP contribution in [0, 0.1) is 18.9 Å². The second-order valence-electron chi connectivity index (χ2n) is 4.72. The molecule has 0 saturated carbocycles. The average molecular weight is 242 g/mol. The Morgan fingerprint density at radius 3 is 2.33 bits per heavy atom. The second-order valence-corrected chi connectivity index (χ2v) is 4.72. The molecule has 1 aliphatic heterocycles. The summed E-state index contributed by atoms with van der Waals surface area (Å²) in [7, 11) is 2.10. The maximum Gasteiger partial charge on any atom is 0.237 e. The number of ketones is 1. The van der Waals surface area contributed by atoms with E-state index in [4.69, 9.17) is 0 Å². The number of aryl methyl sites for hydroxylation is 1. The van der Waals surface area contributed by atoms with E-state index in [0.29, 0.717) is 5.56 Å². The van der Waals surface area contributed by atoms with Crippen molar-refractivity contribution in [1.29, 1.82) is 0 Å². The molecule has 0 aromatic heterocycles. The highest BCUT2D eigenvalue weighted by atomic mass is 16.1. The number of piperazine rings is 1. The van der Waals surface area contributed by atoms with Crippen LogP contribution < -0.4 is 0 Å². The van der Waals surface area contributed by atoms with Gasteiger partial charge in [-0.2, -0.15) is 0 Å². The number of benzene rings is 1. The Hall–Kier alpha value is -1.79. The van der Waals surface area contributed by atoms with Crippen LogP contribution in [0.15, 0.2) is 24.3 Å². The summed E-state index contributed by atoms with van der Waals surface area (Å²) in [6.07, 6.45) is 0. The van der Waals surface area contributed by atoms with E-state index in [1.54, 1.807) is 0 Å². The first-order chi connectivity index (χ1) is 8.65. The lowest BCUT2D eigenvalue weighted by Crippen LogP contribution is -2.42. The summed E-state index contributed by atoms with van der Waals surface area (Å²) >= 11 is 0. The Balaban J connectivity index is 1.97. The number of nitrogens with zero attached hydrogens (tertiary/aromatic N) is 2. The van der Waals surface area contributed by atoms with Crippen LogP contribution in [-0.2, 0) is 0 Å². The van der Waals surface area contributed by atoms with Crippen LogP contribution in [0.3, 0.4) is 0 Å². The quantitative estimate of drug-likeness (QED) is 0.549. The highest BCUT2D eigenvalue weighted by molar-refractivity contribution is 6.08. The summed E-state index contributed by atoms with van der Waals surface area (Å²) in [6.45, 7) is 5.83. The summed E-state index contributed by atoms with van der Waals surface area (Å²) in [4.78, 5) is 16.1. The predicted molar refractivity (Wildman–Crippen MR) is 72.4 cm³/mol. The molecule has 1 fully saturated rings. The molecule has 1 heterocycles. The van der Waals surface area contributed by atoms with Crippen molar-refractivity contribution in [2.75, 3.05) is 33.2 Å². The molecule has 1 aliphatic rings. The van der Waals surface area contributed by atoms with Crippen LogP contribution >= 0.6 is 0 Å². The van der Waals surface area contributed by atoms with Gasteiger partial charge < -0.3 is 9.80 Å². The van der Waals surface area contributed by atoms with E-state index in [1.807, 2.05) is 36.1 Å². The van der Waals surface area contributed by atoms with Gasteiger partial charge in [0.25, 0.3) is 0 Å². The molecular weight excluding hydrogens is 224 g/mol. The highest BCUT2D eigenvalue weighted by Crippen LogP contribution is 2.03. The number of hydrogen-bond acceptors (Lipinski definition) is 3. The van der Waals surface area contributed by atoms with E-state index < -0.39 is 0 Å². The number of hydrogen-bond donors (Lipinski definition) is 0. The monoisotopic (exact) mass is 242 g/mol. The Bertz CT molecular complexity index is 473. The third kappa shape index (κ3) is 3.35. The SMILES string of the molecule is Cc1ccc(C(=O)C#CN2CCN(C)CC2)cc1. The molecule has 3 nitrogen and oxygen atoms in total. The number of likely N-dealkylation sites (N-methyl/N-ethyl adjacent to an activating group) is 1. The molecule has 0 atom stereocenters. The van der Waals surface area contributed by atoms with Crippen LogP contribution in [0.25, 0.3) is 0 Å². The fourth-order valence-electron chi connectivity index (χ4n) is 1.83. The van der Waals surface area contributed by atoms with Crippen LogP contribution in [-0.4, -0.2) is 48.8 Å². The maximum atomic E-state index is 11.9. The van der Waals surface area contributed by atoms with Gasteiger partial charge in [0.05, 0.1) is 0 Å². The molecule has 1 aromatic carbocycles. The van der Waals surface area contributed by atoms with Crippen molar-refractivity contribution < 1.29 is 4.79 Å². The summed E-state index contributed by atoms with van der Waals surface area (Å²) in [5.41, 5.74) is 1.82. The van der Waals surface area contributed by atoms with E-state index >= 15 is 0 Å². The van der Waals surface area contributed by atoms with E-state index in [0.717, 1.165) is 31.7 Å². The van der Waals surface area contributed by atoms with Crippen LogP contribution in [0.2, 0.25) is 0 Å². The molecule has 0 bridgehead atoms. The van der Waals surface area contributed by atoms with Crippen LogP contribution in [0.4, 0.5) is 0 Å². The normalized spacial score (nSPS) is 16.0. The molecule has 3 heteroatoms. The van der Waals surface area contributed by atoms with Crippen molar-refractivity contribution in [2.24, 2.45) is 0 Å². The molecule has 0 radical (unpaired) electrons. The van der Waals surface area contributed by atoms with Crippen molar-refractivity contribution in [3.8, 4) is 12.0 Å². The molecule has 0 unspecified atom stereocenters. The minimum absolute atomic E-state index is 0.103. The zero-order valence-electron chi connectivity index (χ0n) is 10.9. The van der Waals surface area contributed by atoms with Gasteiger partial charge in [0.1, 0.15) is 0 Å². The number of rotatable bonds is 1. The molecule has 0 N–H and O–H groups in total. The summed E-state index contributed by atoms with van der Waals surface area (Å²) in [6, 6.07) is 10.5. The van der Waals surface area contributed by atoms with Gasteiger partial charge in [-0.15, -0.1) is 0 Å². The van der Waals surface area contributed by atoms with Crippen molar-refractivity contribution in [1.82, 2.24) is 9.80 Å². The topological polar surface area (TPSA) is 23.6 Å². The maximum absolute atomic E-state index is 11.9. The minimum Gasteiger partial charge on any atom is -0.330 e. The molecule has 1 aromatic rings. The van der Waals surface area contributed by atoms with E-state index in [1.165, 1.54) is 0 Å². The lowest BCUT2D eigenvalue weighted by molar-refractivity contribution is 0.105. The van der Waals surface area contributed by atoms with E-state index in [-0.39, 0.29) is 5.78 Å². The van der Waals surface area contributed by atoms with Gasteiger partial charge in [0, 0.05) is 37.8 Å². The Kier molecular flexibility index (Phi) is 4.01. The minimum atomic E-state index is -0.103. The van der Waals surface area contributed by atoms with Crippen molar-refractivity contribution >= 4 is 5.78 Å². The zero-order valence-corrected chi connectivity index (χ0v) is 10.9. The molecular formula is C15H18N2O. The van der Waals surface area contributed by atoms with Crippen LogP contribution in [0.1, 0.15) is 15.9 Å². The molecule has 18 heavy (non-hydrogen) atoms. The lowest BCUT2D eigenvalue weighted by Gasteiger charge is -2.29. The molecule has 0 amide bonds. The Morgan fingerprint density at radius 2 is 1.72 bits per heavy atom. The number of Topliss-reactive ketones (excluding diaryl/α,β-unsaturated/α-hetero) is 1.